The highest BCUT2D eigenvalue weighted by atomic mass is 14.3. The number of hydrogen-bond donors (Lipinski definition) is 0. The molecule has 0 fully saturated rings. The molecule has 3 atom stereocenters. The van der Waals surface area contributed by atoms with E-state index in [-0.39, 0.29) is 0 Å². The molecule has 0 radical (unpaired) electrons. The van der Waals surface area contributed by atoms with Gasteiger partial charge in [-0.15, -0.1) is 0 Å². The Kier molecular flexibility index (Phi) is 9.87. The Labute approximate surface area is 117 Å². The van der Waals surface area contributed by atoms with Gasteiger partial charge in [-0.1, -0.05) is 74.1 Å². The van der Waals surface area contributed by atoms with Crippen molar-refractivity contribution in [3.8, 4) is 0 Å². The zero-order valence-corrected chi connectivity index (χ0v) is 14.1. The normalized spacial score (nSPS) is 17.2. The van der Waals surface area contributed by atoms with Crippen LogP contribution >= 0.6 is 0 Å². The predicted molar refractivity (Wildman–Crippen MR) is 84.9 cm³/mol. The fourth-order valence-electron chi connectivity index (χ4n) is 3.37. The van der Waals surface area contributed by atoms with Crippen molar-refractivity contribution in [3.63, 3.8) is 0 Å². The lowest BCUT2D eigenvalue weighted by molar-refractivity contribution is 0.229. The summed E-state index contributed by atoms with van der Waals surface area (Å²) in [5.74, 6) is 4.46. The van der Waals surface area contributed by atoms with Crippen LogP contribution in [0.15, 0.2) is 0 Å². The molecule has 0 aliphatic heterocycles. The van der Waals surface area contributed by atoms with Gasteiger partial charge >= 0.3 is 0 Å². The molecule has 0 heteroatoms. The second-order valence-corrected chi connectivity index (χ2v) is 7.10. The second-order valence-electron chi connectivity index (χ2n) is 7.10. The standard InChI is InChI=1S/C18H38/c1-8-10-18(11-9-2)13-15(5)12-16(6)17(7)14(3)4/h14-18H,8-13H2,1-7H3. The fourth-order valence-corrected chi connectivity index (χ4v) is 3.37. The van der Waals surface area contributed by atoms with Gasteiger partial charge in [0, 0.05) is 0 Å². The van der Waals surface area contributed by atoms with Gasteiger partial charge in [0.15, 0.2) is 0 Å². The monoisotopic (exact) mass is 254 g/mol. The Morgan fingerprint density at radius 2 is 1.22 bits per heavy atom. The second kappa shape index (κ2) is 9.87. The van der Waals surface area contributed by atoms with Crippen molar-refractivity contribution in [2.24, 2.45) is 29.6 Å². The highest BCUT2D eigenvalue weighted by Gasteiger charge is 2.20. The maximum absolute atomic E-state index is 2.47. The van der Waals surface area contributed by atoms with Crippen molar-refractivity contribution in [1.29, 1.82) is 0 Å². The highest BCUT2D eigenvalue weighted by Crippen LogP contribution is 2.30. The summed E-state index contributed by atoms with van der Waals surface area (Å²) in [6.45, 7) is 16.7. The van der Waals surface area contributed by atoms with Crippen LogP contribution in [0, 0.1) is 29.6 Å². The van der Waals surface area contributed by atoms with E-state index in [2.05, 4.69) is 48.5 Å². The fraction of sp³-hybridized carbons (Fsp3) is 1.00. The van der Waals surface area contributed by atoms with Crippen molar-refractivity contribution in [3.05, 3.63) is 0 Å². The van der Waals surface area contributed by atoms with E-state index in [1.807, 2.05) is 0 Å². The molecule has 0 heterocycles. The van der Waals surface area contributed by atoms with Crippen LogP contribution in [0.4, 0.5) is 0 Å². The molecule has 0 nitrogen and oxygen atoms in total. The van der Waals surface area contributed by atoms with Gasteiger partial charge in [0.05, 0.1) is 0 Å². The van der Waals surface area contributed by atoms with Crippen molar-refractivity contribution in [2.75, 3.05) is 0 Å². The summed E-state index contributed by atoms with van der Waals surface area (Å²) in [6.07, 6.45) is 8.46. The average molecular weight is 255 g/mol. The van der Waals surface area contributed by atoms with Crippen LogP contribution in [-0.2, 0) is 0 Å². The maximum Gasteiger partial charge on any atom is -0.0394 e. The number of hydrogen-bond acceptors (Lipinski definition) is 0. The first-order chi connectivity index (χ1) is 8.42. The van der Waals surface area contributed by atoms with Crippen molar-refractivity contribution in [2.45, 2.75) is 87.0 Å². The summed E-state index contributed by atoms with van der Waals surface area (Å²) in [7, 11) is 0. The first-order valence-electron chi connectivity index (χ1n) is 8.42. The van der Waals surface area contributed by atoms with Crippen LogP contribution in [-0.4, -0.2) is 0 Å². The van der Waals surface area contributed by atoms with Crippen molar-refractivity contribution < 1.29 is 0 Å². The molecular weight excluding hydrogens is 216 g/mol. The first kappa shape index (κ1) is 18.0. The third-order valence-corrected chi connectivity index (χ3v) is 4.85. The lowest BCUT2D eigenvalue weighted by atomic mass is 9.78. The van der Waals surface area contributed by atoms with Crippen LogP contribution in [0.1, 0.15) is 87.0 Å². The summed E-state index contributed by atoms with van der Waals surface area (Å²) >= 11 is 0. The minimum absolute atomic E-state index is 0.828. The van der Waals surface area contributed by atoms with Crippen LogP contribution in [0.3, 0.4) is 0 Å². The van der Waals surface area contributed by atoms with Gasteiger partial charge in [0.2, 0.25) is 0 Å². The zero-order chi connectivity index (χ0) is 14.1. The molecular formula is C18H38. The minimum atomic E-state index is 0.828. The summed E-state index contributed by atoms with van der Waals surface area (Å²) in [4.78, 5) is 0. The molecule has 0 aromatic rings. The Bertz CT molecular complexity index is 172. The Morgan fingerprint density at radius 1 is 0.722 bits per heavy atom. The van der Waals surface area contributed by atoms with Gasteiger partial charge in [-0.3, -0.25) is 0 Å². The van der Waals surface area contributed by atoms with Gasteiger partial charge in [0.1, 0.15) is 0 Å². The molecule has 0 aromatic carbocycles. The van der Waals surface area contributed by atoms with E-state index >= 15 is 0 Å². The largest absolute Gasteiger partial charge is 0.0654 e. The maximum atomic E-state index is 2.47. The van der Waals surface area contributed by atoms with E-state index in [4.69, 9.17) is 0 Å². The lowest BCUT2D eigenvalue weighted by Crippen LogP contribution is -2.18. The van der Waals surface area contributed by atoms with Crippen LogP contribution in [0.25, 0.3) is 0 Å². The minimum Gasteiger partial charge on any atom is -0.0654 e. The first-order valence-corrected chi connectivity index (χ1v) is 8.42. The Balaban J connectivity index is 4.09. The molecule has 0 amide bonds. The smallest absolute Gasteiger partial charge is 0.0394 e. The van der Waals surface area contributed by atoms with E-state index in [0.717, 1.165) is 29.6 Å². The predicted octanol–water partition coefficient (Wildman–Crippen LogP) is 6.55. The van der Waals surface area contributed by atoms with E-state index in [1.165, 1.54) is 38.5 Å². The molecule has 18 heavy (non-hydrogen) atoms. The number of rotatable bonds is 10. The summed E-state index contributed by atoms with van der Waals surface area (Å²) in [5, 5.41) is 0. The molecule has 0 N–H and O–H groups in total. The Morgan fingerprint density at radius 3 is 1.61 bits per heavy atom. The van der Waals surface area contributed by atoms with Crippen molar-refractivity contribution in [1.82, 2.24) is 0 Å². The average Bonchev–Trinajstić information content (AvgIpc) is 2.28. The SMILES string of the molecule is CCCC(CCC)CC(C)CC(C)C(C)C(C)C. The molecule has 0 saturated carbocycles. The third-order valence-electron chi connectivity index (χ3n) is 4.85. The van der Waals surface area contributed by atoms with Gasteiger partial charge in [-0.25, -0.2) is 0 Å². The van der Waals surface area contributed by atoms with Gasteiger partial charge in [-0.2, -0.15) is 0 Å². The topological polar surface area (TPSA) is 0 Å². The molecule has 0 spiro atoms. The highest BCUT2D eigenvalue weighted by molar-refractivity contribution is 4.70. The molecule has 0 aliphatic carbocycles. The molecule has 0 rings (SSSR count). The van der Waals surface area contributed by atoms with E-state index in [0.29, 0.717) is 0 Å². The van der Waals surface area contributed by atoms with Crippen molar-refractivity contribution >= 4 is 0 Å². The zero-order valence-electron chi connectivity index (χ0n) is 14.1. The van der Waals surface area contributed by atoms with E-state index in [1.54, 1.807) is 0 Å². The lowest BCUT2D eigenvalue weighted by Gasteiger charge is -2.28. The molecule has 110 valence electrons. The molecule has 0 aromatic heterocycles. The summed E-state index contributed by atoms with van der Waals surface area (Å²) in [5.41, 5.74) is 0. The molecule has 0 bridgehead atoms. The van der Waals surface area contributed by atoms with Crippen LogP contribution in [0.5, 0.6) is 0 Å². The van der Waals surface area contributed by atoms with Gasteiger partial charge < -0.3 is 0 Å². The van der Waals surface area contributed by atoms with Gasteiger partial charge in [0.25, 0.3) is 0 Å². The van der Waals surface area contributed by atoms with Gasteiger partial charge in [-0.05, 0) is 42.4 Å². The Hall–Kier alpha value is 0. The summed E-state index contributed by atoms with van der Waals surface area (Å²) in [6, 6.07) is 0. The van der Waals surface area contributed by atoms with Crippen LogP contribution < -0.4 is 0 Å². The molecule has 0 aliphatic rings. The summed E-state index contributed by atoms with van der Waals surface area (Å²) < 4.78 is 0. The quantitative estimate of drug-likeness (QED) is 0.415. The van der Waals surface area contributed by atoms with E-state index in [9.17, 15) is 0 Å². The van der Waals surface area contributed by atoms with Crippen LogP contribution in [0.2, 0.25) is 0 Å². The third kappa shape index (κ3) is 7.44. The molecule has 0 saturated heterocycles. The molecule has 3 unspecified atom stereocenters. The van der Waals surface area contributed by atoms with E-state index < -0.39 is 0 Å².